The lowest BCUT2D eigenvalue weighted by Crippen LogP contribution is -2.23. The lowest BCUT2D eigenvalue weighted by molar-refractivity contribution is 0.414. The van der Waals surface area contributed by atoms with Crippen molar-refractivity contribution in [3.8, 4) is 16.9 Å². The molecule has 0 atom stereocenters. The number of hydrogen-bond donors (Lipinski definition) is 1. The second kappa shape index (κ2) is 7.17. The van der Waals surface area contributed by atoms with E-state index >= 15 is 0 Å². The van der Waals surface area contributed by atoms with Crippen LogP contribution >= 0.6 is 11.3 Å². The zero-order valence-corrected chi connectivity index (χ0v) is 14.7. The highest BCUT2D eigenvalue weighted by Crippen LogP contribution is 2.26. The van der Waals surface area contributed by atoms with E-state index < -0.39 is 10.0 Å². The summed E-state index contributed by atoms with van der Waals surface area (Å²) in [4.78, 5) is 0.219. The Morgan fingerprint density at radius 1 is 1.04 bits per heavy atom. The predicted molar refractivity (Wildman–Crippen MR) is 96.8 cm³/mol. The van der Waals surface area contributed by atoms with Gasteiger partial charge >= 0.3 is 0 Å². The van der Waals surface area contributed by atoms with Crippen LogP contribution < -0.4 is 9.46 Å². The standard InChI is InChI=1S/C18H17NO3S2/c1-22-16-6-8-17(9-7-16)24(20,21)19-12-14-4-2-3-5-18(14)15-10-11-23-13-15/h2-11,13,19H,12H2,1H3. The average Bonchev–Trinajstić information content (AvgIpc) is 3.15. The fraction of sp³-hybridized carbons (Fsp3) is 0.111. The van der Waals surface area contributed by atoms with Gasteiger partial charge in [0, 0.05) is 6.54 Å². The van der Waals surface area contributed by atoms with Crippen molar-refractivity contribution in [3.05, 3.63) is 70.9 Å². The molecule has 6 heteroatoms. The maximum atomic E-state index is 12.5. The second-order valence-corrected chi connectivity index (χ2v) is 7.72. The van der Waals surface area contributed by atoms with Crippen molar-refractivity contribution in [2.75, 3.05) is 7.11 Å². The molecule has 0 aliphatic rings. The van der Waals surface area contributed by atoms with Crippen LogP contribution in [0.25, 0.3) is 11.1 Å². The van der Waals surface area contributed by atoms with E-state index in [1.54, 1.807) is 30.6 Å². The van der Waals surface area contributed by atoms with Gasteiger partial charge in [-0.2, -0.15) is 11.3 Å². The highest BCUT2D eigenvalue weighted by molar-refractivity contribution is 7.89. The van der Waals surface area contributed by atoms with Gasteiger partial charge in [-0.3, -0.25) is 0 Å². The van der Waals surface area contributed by atoms with Gasteiger partial charge in [0.05, 0.1) is 12.0 Å². The Morgan fingerprint density at radius 2 is 1.79 bits per heavy atom. The first kappa shape index (κ1) is 16.7. The Hall–Kier alpha value is -2.15. The van der Waals surface area contributed by atoms with Gasteiger partial charge in [0.25, 0.3) is 0 Å². The van der Waals surface area contributed by atoms with E-state index in [4.69, 9.17) is 4.74 Å². The summed E-state index contributed by atoms with van der Waals surface area (Å²) in [5.41, 5.74) is 3.07. The van der Waals surface area contributed by atoms with E-state index in [9.17, 15) is 8.42 Å². The van der Waals surface area contributed by atoms with Gasteiger partial charge in [0.1, 0.15) is 5.75 Å². The Balaban J connectivity index is 1.80. The molecule has 0 saturated heterocycles. The average molecular weight is 359 g/mol. The van der Waals surface area contributed by atoms with Crippen LogP contribution in [0.3, 0.4) is 0 Å². The van der Waals surface area contributed by atoms with Crippen LogP contribution in [0.1, 0.15) is 5.56 Å². The molecule has 0 bridgehead atoms. The maximum absolute atomic E-state index is 12.5. The first-order valence-corrected chi connectivity index (χ1v) is 9.77. The molecule has 0 aliphatic heterocycles. The van der Waals surface area contributed by atoms with E-state index in [0.29, 0.717) is 5.75 Å². The summed E-state index contributed by atoms with van der Waals surface area (Å²) < 4.78 is 32.6. The number of benzene rings is 2. The number of thiophene rings is 1. The number of methoxy groups -OCH3 is 1. The third kappa shape index (κ3) is 3.67. The van der Waals surface area contributed by atoms with Gasteiger partial charge in [-0.1, -0.05) is 24.3 Å². The molecule has 24 heavy (non-hydrogen) atoms. The van der Waals surface area contributed by atoms with Crippen molar-refractivity contribution in [3.63, 3.8) is 0 Å². The summed E-state index contributed by atoms with van der Waals surface area (Å²) >= 11 is 1.62. The maximum Gasteiger partial charge on any atom is 0.240 e. The Labute approximate surface area is 145 Å². The third-order valence-corrected chi connectivity index (χ3v) is 5.77. The summed E-state index contributed by atoms with van der Waals surface area (Å²) in [7, 11) is -2.03. The highest BCUT2D eigenvalue weighted by atomic mass is 32.2. The van der Waals surface area contributed by atoms with Crippen molar-refractivity contribution in [2.45, 2.75) is 11.4 Å². The molecular formula is C18H17NO3S2. The molecule has 3 rings (SSSR count). The van der Waals surface area contributed by atoms with Crippen LogP contribution in [0.5, 0.6) is 5.75 Å². The van der Waals surface area contributed by atoms with Crippen molar-refractivity contribution >= 4 is 21.4 Å². The number of nitrogens with one attached hydrogen (secondary N) is 1. The molecule has 0 radical (unpaired) electrons. The number of rotatable bonds is 6. The molecule has 0 unspecified atom stereocenters. The van der Waals surface area contributed by atoms with Crippen molar-refractivity contribution < 1.29 is 13.2 Å². The largest absolute Gasteiger partial charge is 0.497 e. The molecule has 4 nitrogen and oxygen atoms in total. The fourth-order valence-corrected chi connectivity index (χ4v) is 4.05. The molecule has 1 aromatic heterocycles. The summed E-state index contributed by atoms with van der Waals surface area (Å²) in [6.45, 7) is 0.236. The van der Waals surface area contributed by atoms with Crippen LogP contribution in [0.4, 0.5) is 0 Å². The van der Waals surface area contributed by atoms with Crippen molar-refractivity contribution in [2.24, 2.45) is 0 Å². The molecule has 0 fully saturated rings. The first-order valence-electron chi connectivity index (χ1n) is 7.34. The zero-order valence-electron chi connectivity index (χ0n) is 13.1. The minimum absolute atomic E-state index is 0.219. The van der Waals surface area contributed by atoms with Gasteiger partial charge < -0.3 is 4.74 Å². The summed E-state index contributed by atoms with van der Waals surface area (Å²) in [5, 5.41) is 4.06. The lowest BCUT2D eigenvalue weighted by atomic mass is 10.0. The van der Waals surface area contributed by atoms with Crippen molar-refractivity contribution in [1.29, 1.82) is 0 Å². The highest BCUT2D eigenvalue weighted by Gasteiger charge is 2.15. The fourth-order valence-electron chi connectivity index (χ4n) is 2.38. The molecule has 2 aromatic carbocycles. The van der Waals surface area contributed by atoms with Crippen LogP contribution in [0.2, 0.25) is 0 Å². The van der Waals surface area contributed by atoms with E-state index in [2.05, 4.69) is 10.1 Å². The number of hydrogen-bond acceptors (Lipinski definition) is 4. The van der Waals surface area contributed by atoms with Crippen LogP contribution in [0.15, 0.2) is 70.3 Å². The van der Waals surface area contributed by atoms with Crippen LogP contribution in [-0.4, -0.2) is 15.5 Å². The summed E-state index contributed by atoms with van der Waals surface area (Å²) in [5.74, 6) is 0.622. The number of sulfonamides is 1. The lowest BCUT2D eigenvalue weighted by Gasteiger charge is -2.11. The Bertz CT molecular complexity index is 902. The summed E-state index contributed by atoms with van der Waals surface area (Å²) in [6.07, 6.45) is 0. The third-order valence-electron chi connectivity index (χ3n) is 3.67. The predicted octanol–water partition coefficient (Wildman–Crippen LogP) is 3.90. The SMILES string of the molecule is COc1ccc(S(=O)(=O)NCc2ccccc2-c2ccsc2)cc1. The molecule has 1 heterocycles. The topological polar surface area (TPSA) is 55.4 Å². The Morgan fingerprint density at radius 3 is 2.46 bits per heavy atom. The van der Waals surface area contributed by atoms with E-state index in [1.165, 1.54) is 12.1 Å². The monoisotopic (exact) mass is 359 g/mol. The Kier molecular flexibility index (Phi) is 4.99. The minimum Gasteiger partial charge on any atom is -0.497 e. The quantitative estimate of drug-likeness (QED) is 0.726. The smallest absolute Gasteiger partial charge is 0.240 e. The minimum atomic E-state index is -3.57. The molecule has 3 aromatic rings. The van der Waals surface area contributed by atoms with Crippen molar-refractivity contribution in [1.82, 2.24) is 4.72 Å². The first-order chi connectivity index (χ1) is 11.6. The van der Waals surface area contributed by atoms with Gasteiger partial charge in [0.2, 0.25) is 10.0 Å². The normalized spacial score (nSPS) is 11.4. The molecule has 0 saturated carbocycles. The summed E-state index contributed by atoms with van der Waals surface area (Å²) in [6, 6.07) is 16.2. The van der Waals surface area contributed by atoms with E-state index in [-0.39, 0.29) is 11.4 Å². The molecule has 1 N–H and O–H groups in total. The number of ether oxygens (including phenoxy) is 1. The van der Waals surface area contributed by atoms with Crippen LogP contribution in [0, 0.1) is 0 Å². The molecule has 124 valence electrons. The second-order valence-electron chi connectivity index (χ2n) is 5.17. The van der Waals surface area contributed by atoms with Gasteiger partial charge in [-0.15, -0.1) is 0 Å². The van der Waals surface area contributed by atoms with E-state index in [0.717, 1.165) is 16.7 Å². The molecular weight excluding hydrogens is 342 g/mol. The van der Waals surface area contributed by atoms with Gasteiger partial charge in [-0.05, 0) is 57.8 Å². The molecule has 0 amide bonds. The van der Waals surface area contributed by atoms with Gasteiger partial charge in [0.15, 0.2) is 0 Å². The molecule has 0 spiro atoms. The van der Waals surface area contributed by atoms with Gasteiger partial charge in [-0.25, -0.2) is 13.1 Å². The van der Waals surface area contributed by atoms with Crippen LogP contribution in [-0.2, 0) is 16.6 Å². The molecule has 0 aliphatic carbocycles. The zero-order chi connectivity index (χ0) is 17.0. The van der Waals surface area contributed by atoms with E-state index in [1.807, 2.05) is 35.7 Å².